The molecule has 0 spiro atoms. The highest BCUT2D eigenvalue weighted by Crippen LogP contribution is 2.20. The summed E-state index contributed by atoms with van der Waals surface area (Å²) in [4.78, 5) is 25.2. The van der Waals surface area contributed by atoms with Crippen LogP contribution in [0.25, 0.3) is 17.0 Å². The van der Waals surface area contributed by atoms with E-state index < -0.39 is 0 Å². The van der Waals surface area contributed by atoms with Gasteiger partial charge >= 0.3 is 0 Å². The summed E-state index contributed by atoms with van der Waals surface area (Å²) in [5.41, 5.74) is 2.14. The van der Waals surface area contributed by atoms with Crippen molar-refractivity contribution in [3.05, 3.63) is 52.7 Å². The number of carbonyl (C=O) groups is 1. The average Bonchev–Trinajstić information content (AvgIpc) is 3.32. The van der Waals surface area contributed by atoms with Gasteiger partial charge in [0.2, 0.25) is 0 Å². The van der Waals surface area contributed by atoms with Crippen molar-refractivity contribution in [3.8, 4) is 11.4 Å². The van der Waals surface area contributed by atoms with Crippen molar-refractivity contribution in [2.75, 3.05) is 31.1 Å². The average molecular weight is 421 g/mol. The van der Waals surface area contributed by atoms with Gasteiger partial charge < -0.3 is 9.80 Å². The molecule has 9 nitrogen and oxygen atoms in total. The zero-order valence-electron chi connectivity index (χ0n) is 16.5. The summed E-state index contributed by atoms with van der Waals surface area (Å²) in [5, 5.41) is 16.0. The standard InChI is InChI=1S/C20H20N8OS/c1-14-22-16(13-30-14)20(29)27-10-2-9-26(11-12-27)18-4-3-17-23-24-19(28(17)25-18)15-5-7-21-8-6-15/h3-8,13H,2,9-12H2,1H3. The van der Waals surface area contributed by atoms with Gasteiger partial charge in [0.15, 0.2) is 11.5 Å². The molecule has 0 saturated carbocycles. The summed E-state index contributed by atoms with van der Waals surface area (Å²) in [6, 6.07) is 7.66. The van der Waals surface area contributed by atoms with Gasteiger partial charge in [0.1, 0.15) is 11.5 Å². The largest absolute Gasteiger partial charge is 0.353 e. The van der Waals surface area contributed by atoms with E-state index in [4.69, 9.17) is 5.10 Å². The van der Waals surface area contributed by atoms with Crippen LogP contribution in [0.1, 0.15) is 21.9 Å². The molecule has 30 heavy (non-hydrogen) atoms. The first kappa shape index (κ1) is 18.6. The number of amides is 1. The zero-order valence-corrected chi connectivity index (χ0v) is 17.3. The molecule has 4 aromatic rings. The van der Waals surface area contributed by atoms with Crippen LogP contribution in [0.4, 0.5) is 5.82 Å². The highest BCUT2D eigenvalue weighted by atomic mass is 32.1. The molecule has 0 unspecified atom stereocenters. The first-order valence-corrected chi connectivity index (χ1v) is 10.7. The van der Waals surface area contributed by atoms with Gasteiger partial charge in [0.05, 0.1) is 5.01 Å². The van der Waals surface area contributed by atoms with Gasteiger partial charge in [-0.15, -0.1) is 26.6 Å². The summed E-state index contributed by atoms with van der Waals surface area (Å²) >= 11 is 1.50. The first-order valence-electron chi connectivity index (χ1n) is 9.78. The molecular weight excluding hydrogens is 400 g/mol. The molecule has 5 heterocycles. The number of hydrogen-bond acceptors (Lipinski definition) is 8. The van der Waals surface area contributed by atoms with Crippen LogP contribution in [0.5, 0.6) is 0 Å². The second-order valence-corrected chi connectivity index (χ2v) is 8.17. The third-order valence-corrected chi connectivity index (χ3v) is 5.91. The zero-order chi connectivity index (χ0) is 20.5. The molecule has 0 N–H and O–H groups in total. The maximum absolute atomic E-state index is 12.8. The Morgan fingerprint density at radius 2 is 1.90 bits per heavy atom. The predicted octanol–water partition coefficient (Wildman–Crippen LogP) is 2.30. The summed E-state index contributed by atoms with van der Waals surface area (Å²) in [6.07, 6.45) is 4.32. The van der Waals surface area contributed by atoms with E-state index in [0.717, 1.165) is 29.4 Å². The van der Waals surface area contributed by atoms with E-state index in [-0.39, 0.29) is 5.91 Å². The Morgan fingerprint density at radius 1 is 1.03 bits per heavy atom. The number of pyridine rings is 1. The molecule has 5 rings (SSSR count). The van der Waals surface area contributed by atoms with Gasteiger partial charge in [-0.1, -0.05) is 0 Å². The van der Waals surface area contributed by atoms with Gasteiger partial charge in [0, 0.05) is 49.5 Å². The second kappa shape index (κ2) is 7.79. The van der Waals surface area contributed by atoms with Crippen LogP contribution < -0.4 is 4.90 Å². The molecule has 0 atom stereocenters. The molecular formula is C20H20N8OS. The van der Waals surface area contributed by atoms with E-state index in [2.05, 4.69) is 25.1 Å². The minimum absolute atomic E-state index is 0.00314. The van der Waals surface area contributed by atoms with Crippen LogP contribution in [0, 0.1) is 6.92 Å². The fraction of sp³-hybridized carbons (Fsp3) is 0.300. The number of aryl methyl sites for hydroxylation is 1. The lowest BCUT2D eigenvalue weighted by Gasteiger charge is -2.22. The van der Waals surface area contributed by atoms with Crippen molar-refractivity contribution in [1.82, 2.24) is 34.7 Å². The Hall–Kier alpha value is -3.40. The molecule has 10 heteroatoms. The number of thiazole rings is 1. The Kier molecular flexibility index (Phi) is 4.83. The smallest absolute Gasteiger partial charge is 0.273 e. The third-order valence-electron chi connectivity index (χ3n) is 5.13. The van der Waals surface area contributed by atoms with Crippen LogP contribution in [-0.2, 0) is 0 Å². The molecule has 0 aliphatic carbocycles. The molecule has 1 aliphatic heterocycles. The van der Waals surface area contributed by atoms with Gasteiger partial charge in [-0.25, -0.2) is 4.98 Å². The monoisotopic (exact) mass is 420 g/mol. The van der Waals surface area contributed by atoms with E-state index in [0.29, 0.717) is 36.8 Å². The highest BCUT2D eigenvalue weighted by molar-refractivity contribution is 7.09. The number of carbonyl (C=O) groups excluding carboxylic acids is 1. The predicted molar refractivity (Wildman–Crippen MR) is 114 cm³/mol. The number of fused-ring (bicyclic) bond motifs is 1. The number of aromatic nitrogens is 6. The van der Waals surface area contributed by atoms with Gasteiger partial charge in [-0.3, -0.25) is 9.78 Å². The van der Waals surface area contributed by atoms with E-state index in [9.17, 15) is 4.79 Å². The third kappa shape index (κ3) is 3.50. The Balaban J connectivity index is 1.37. The second-order valence-electron chi connectivity index (χ2n) is 7.11. The number of rotatable bonds is 3. The van der Waals surface area contributed by atoms with E-state index in [1.165, 1.54) is 11.3 Å². The molecule has 1 fully saturated rings. The van der Waals surface area contributed by atoms with Gasteiger partial charge in [-0.2, -0.15) is 4.52 Å². The molecule has 1 aliphatic rings. The molecule has 1 saturated heterocycles. The van der Waals surface area contributed by atoms with E-state index >= 15 is 0 Å². The lowest BCUT2D eigenvalue weighted by atomic mass is 10.2. The van der Waals surface area contributed by atoms with Crippen molar-refractivity contribution in [2.45, 2.75) is 13.3 Å². The number of anilines is 1. The van der Waals surface area contributed by atoms with Gasteiger partial charge in [-0.05, 0) is 37.6 Å². The van der Waals surface area contributed by atoms with E-state index in [1.54, 1.807) is 16.9 Å². The van der Waals surface area contributed by atoms with Crippen molar-refractivity contribution in [3.63, 3.8) is 0 Å². The van der Waals surface area contributed by atoms with Crippen LogP contribution >= 0.6 is 11.3 Å². The minimum Gasteiger partial charge on any atom is -0.353 e. The summed E-state index contributed by atoms with van der Waals surface area (Å²) in [5.74, 6) is 1.53. The van der Waals surface area contributed by atoms with Crippen molar-refractivity contribution in [2.24, 2.45) is 0 Å². The maximum Gasteiger partial charge on any atom is 0.273 e. The summed E-state index contributed by atoms with van der Waals surface area (Å²) in [6.45, 7) is 4.79. The topological polar surface area (TPSA) is 92.4 Å². The lowest BCUT2D eigenvalue weighted by Crippen LogP contribution is -2.35. The first-order chi connectivity index (χ1) is 14.7. The molecule has 0 bridgehead atoms. The van der Waals surface area contributed by atoms with Crippen molar-refractivity contribution < 1.29 is 4.79 Å². The summed E-state index contributed by atoms with van der Waals surface area (Å²) < 4.78 is 1.76. The van der Waals surface area contributed by atoms with Crippen molar-refractivity contribution in [1.29, 1.82) is 0 Å². The van der Waals surface area contributed by atoms with Crippen LogP contribution in [0.15, 0.2) is 42.0 Å². The number of nitrogens with zero attached hydrogens (tertiary/aromatic N) is 8. The normalized spacial score (nSPS) is 14.8. The van der Waals surface area contributed by atoms with Gasteiger partial charge in [0.25, 0.3) is 5.91 Å². The van der Waals surface area contributed by atoms with Crippen molar-refractivity contribution >= 4 is 28.7 Å². The molecule has 0 aromatic carbocycles. The van der Waals surface area contributed by atoms with Crippen LogP contribution in [0.2, 0.25) is 0 Å². The quantitative estimate of drug-likeness (QED) is 0.502. The Morgan fingerprint density at radius 3 is 2.70 bits per heavy atom. The minimum atomic E-state index is 0.00314. The molecule has 152 valence electrons. The fourth-order valence-corrected chi connectivity index (χ4v) is 4.19. The Labute approximate surface area is 177 Å². The highest BCUT2D eigenvalue weighted by Gasteiger charge is 2.23. The van der Waals surface area contributed by atoms with Crippen LogP contribution in [-0.4, -0.2) is 66.8 Å². The van der Waals surface area contributed by atoms with Crippen LogP contribution in [0.3, 0.4) is 0 Å². The summed E-state index contributed by atoms with van der Waals surface area (Å²) in [7, 11) is 0. The van der Waals surface area contributed by atoms with E-state index in [1.807, 2.05) is 41.5 Å². The lowest BCUT2D eigenvalue weighted by molar-refractivity contribution is 0.0762. The SMILES string of the molecule is Cc1nc(C(=O)N2CCCN(c3ccc4nnc(-c5ccncc5)n4n3)CC2)cs1. The molecule has 1 amide bonds. The maximum atomic E-state index is 12.8. The molecule has 0 radical (unpaired) electrons. The number of hydrogen-bond donors (Lipinski definition) is 0. The molecule has 4 aromatic heterocycles. The Bertz CT molecular complexity index is 1190. The fourth-order valence-electron chi connectivity index (χ4n) is 3.60.